The zero-order valence-corrected chi connectivity index (χ0v) is 11.2. The Kier molecular flexibility index (Phi) is 3.37. The van der Waals surface area contributed by atoms with Gasteiger partial charge in [-0.15, -0.1) is 0 Å². The maximum atomic E-state index is 13.3. The molecule has 1 unspecified atom stereocenters. The van der Waals surface area contributed by atoms with Crippen molar-refractivity contribution in [1.82, 2.24) is 10.2 Å². The summed E-state index contributed by atoms with van der Waals surface area (Å²) in [7, 11) is 0. The molecular weight excluding hydrogens is 253 g/mol. The molecule has 0 spiro atoms. The summed E-state index contributed by atoms with van der Waals surface area (Å²) < 4.78 is 13.3. The van der Waals surface area contributed by atoms with Crippen molar-refractivity contribution in [3.8, 4) is 0 Å². The first kappa shape index (κ1) is 12.7. The fourth-order valence-electron chi connectivity index (χ4n) is 2.38. The van der Waals surface area contributed by atoms with Gasteiger partial charge in [0, 0.05) is 11.1 Å². The highest BCUT2D eigenvalue weighted by atomic mass is 19.1. The number of halogens is 1. The molecule has 4 heteroatoms. The predicted octanol–water partition coefficient (Wildman–Crippen LogP) is 4.27. The third kappa shape index (κ3) is 2.50. The molecule has 102 valence electrons. The fraction of sp³-hybridized carbons (Fsp3) is 0.188. The summed E-state index contributed by atoms with van der Waals surface area (Å²) in [6, 6.07) is 12.9. The zero-order valence-electron chi connectivity index (χ0n) is 11.2. The molecule has 0 fully saturated rings. The summed E-state index contributed by atoms with van der Waals surface area (Å²) in [4.78, 5) is 0. The van der Waals surface area contributed by atoms with Crippen molar-refractivity contribution in [2.24, 2.45) is 0 Å². The summed E-state index contributed by atoms with van der Waals surface area (Å²) in [6.07, 6.45) is 2.68. The van der Waals surface area contributed by atoms with Crippen molar-refractivity contribution in [3.63, 3.8) is 0 Å². The average molecular weight is 269 g/mol. The summed E-state index contributed by atoms with van der Waals surface area (Å²) in [5.41, 5.74) is 2.98. The number of fused-ring (bicyclic) bond motifs is 1. The third-order valence-corrected chi connectivity index (χ3v) is 3.44. The Hall–Kier alpha value is -2.36. The number of hydrogen-bond acceptors (Lipinski definition) is 2. The average Bonchev–Trinajstić information content (AvgIpc) is 2.92. The van der Waals surface area contributed by atoms with Gasteiger partial charge < -0.3 is 5.32 Å². The van der Waals surface area contributed by atoms with Gasteiger partial charge in [-0.2, -0.15) is 5.10 Å². The van der Waals surface area contributed by atoms with Gasteiger partial charge in [-0.3, -0.25) is 5.10 Å². The van der Waals surface area contributed by atoms with Crippen molar-refractivity contribution < 1.29 is 4.39 Å². The number of H-pyrrole nitrogens is 1. The Balaban J connectivity index is 1.87. The molecule has 0 saturated carbocycles. The molecule has 0 aliphatic heterocycles. The maximum Gasteiger partial charge on any atom is 0.123 e. The molecule has 0 amide bonds. The number of hydrogen-bond donors (Lipinski definition) is 2. The van der Waals surface area contributed by atoms with Crippen molar-refractivity contribution in [2.45, 2.75) is 19.4 Å². The molecule has 2 aromatic carbocycles. The molecule has 0 bridgehead atoms. The Morgan fingerprint density at radius 3 is 2.95 bits per heavy atom. The van der Waals surface area contributed by atoms with Gasteiger partial charge in [0.15, 0.2) is 0 Å². The van der Waals surface area contributed by atoms with Crippen LogP contribution in [0.1, 0.15) is 24.9 Å². The minimum Gasteiger partial charge on any atom is -0.378 e. The van der Waals surface area contributed by atoms with Gasteiger partial charge in [0.1, 0.15) is 5.82 Å². The van der Waals surface area contributed by atoms with Crippen LogP contribution in [0.4, 0.5) is 10.1 Å². The molecule has 2 N–H and O–H groups in total. The lowest BCUT2D eigenvalue weighted by Crippen LogP contribution is -2.09. The second kappa shape index (κ2) is 5.33. The predicted molar refractivity (Wildman–Crippen MR) is 79.1 cm³/mol. The van der Waals surface area contributed by atoms with Crippen LogP contribution < -0.4 is 5.32 Å². The van der Waals surface area contributed by atoms with Crippen LogP contribution in [-0.2, 0) is 0 Å². The molecule has 1 heterocycles. The van der Waals surface area contributed by atoms with Crippen LogP contribution in [0.2, 0.25) is 0 Å². The molecule has 0 radical (unpaired) electrons. The lowest BCUT2D eigenvalue weighted by Gasteiger charge is -2.19. The van der Waals surface area contributed by atoms with Crippen LogP contribution >= 0.6 is 0 Å². The molecule has 0 saturated heterocycles. The molecular formula is C16H16FN3. The molecule has 0 aliphatic carbocycles. The number of aromatic amines is 1. The van der Waals surface area contributed by atoms with E-state index in [2.05, 4.69) is 22.4 Å². The van der Waals surface area contributed by atoms with Gasteiger partial charge in [-0.25, -0.2) is 4.39 Å². The molecule has 3 nitrogen and oxygen atoms in total. The minimum absolute atomic E-state index is 0.0926. The van der Waals surface area contributed by atoms with E-state index in [0.717, 1.165) is 28.6 Å². The van der Waals surface area contributed by atoms with Crippen molar-refractivity contribution >= 4 is 16.6 Å². The summed E-state index contributed by atoms with van der Waals surface area (Å²) in [5, 5.41) is 11.4. The van der Waals surface area contributed by atoms with E-state index in [4.69, 9.17) is 0 Å². The number of nitrogens with one attached hydrogen (secondary N) is 2. The topological polar surface area (TPSA) is 40.7 Å². The lowest BCUT2D eigenvalue weighted by molar-refractivity contribution is 0.621. The van der Waals surface area contributed by atoms with E-state index >= 15 is 0 Å². The van der Waals surface area contributed by atoms with Gasteiger partial charge in [0.2, 0.25) is 0 Å². The van der Waals surface area contributed by atoms with Crippen LogP contribution in [0.25, 0.3) is 10.9 Å². The van der Waals surface area contributed by atoms with Crippen LogP contribution in [-0.4, -0.2) is 10.2 Å². The molecule has 3 rings (SSSR count). The highest BCUT2D eigenvalue weighted by molar-refractivity contribution is 5.81. The Bertz CT molecular complexity index is 720. The Morgan fingerprint density at radius 2 is 2.15 bits per heavy atom. The van der Waals surface area contributed by atoms with Crippen LogP contribution in [0.15, 0.2) is 48.7 Å². The van der Waals surface area contributed by atoms with Crippen molar-refractivity contribution in [1.29, 1.82) is 0 Å². The quantitative estimate of drug-likeness (QED) is 0.742. The van der Waals surface area contributed by atoms with Crippen LogP contribution in [0, 0.1) is 5.82 Å². The van der Waals surface area contributed by atoms with Crippen molar-refractivity contribution in [2.75, 3.05) is 5.32 Å². The van der Waals surface area contributed by atoms with E-state index in [0.29, 0.717) is 0 Å². The Labute approximate surface area is 116 Å². The van der Waals surface area contributed by atoms with Gasteiger partial charge in [-0.1, -0.05) is 19.1 Å². The second-order valence-corrected chi connectivity index (χ2v) is 4.83. The number of anilines is 1. The first-order valence-corrected chi connectivity index (χ1v) is 6.71. The minimum atomic E-state index is -0.201. The van der Waals surface area contributed by atoms with Crippen LogP contribution in [0.5, 0.6) is 0 Å². The first-order chi connectivity index (χ1) is 9.76. The van der Waals surface area contributed by atoms with E-state index in [-0.39, 0.29) is 11.9 Å². The maximum absolute atomic E-state index is 13.3. The van der Waals surface area contributed by atoms with E-state index < -0.39 is 0 Å². The lowest BCUT2D eigenvalue weighted by atomic mass is 10.0. The summed E-state index contributed by atoms with van der Waals surface area (Å²) >= 11 is 0. The number of nitrogens with zero attached hydrogens (tertiary/aromatic N) is 1. The highest BCUT2D eigenvalue weighted by Gasteiger charge is 2.10. The SMILES string of the molecule is CCC(Nc1ccc2[nH]ncc2c1)c1cccc(F)c1. The molecule has 3 aromatic rings. The summed E-state index contributed by atoms with van der Waals surface area (Å²) in [6.45, 7) is 2.08. The second-order valence-electron chi connectivity index (χ2n) is 4.83. The Morgan fingerprint density at radius 1 is 1.25 bits per heavy atom. The molecule has 1 atom stereocenters. The molecule has 1 aromatic heterocycles. The standard InChI is InChI=1S/C16H16FN3/c1-2-15(11-4-3-5-13(17)8-11)19-14-6-7-16-12(9-14)10-18-20-16/h3-10,15,19H,2H2,1H3,(H,18,20). The summed E-state index contributed by atoms with van der Waals surface area (Å²) in [5.74, 6) is -0.201. The molecule has 0 aliphatic rings. The van der Waals surface area contributed by atoms with E-state index in [1.807, 2.05) is 24.3 Å². The third-order valence-electron chi connectivity index (χ3n) is 3.44. The smallest absolute Gasteiger partial charge is 0.123 e. The zero-order chi connectivity index (χ0) is 13.9. The van der Waals surface area contributed by atoms with Gasteiger partial charge in [-0.05, 0) is 42.3 Å². The van der Waals surface area contributed by atoms with E-state index in [1.54, 1.807) is 18.3 Å². The normalized spacial score (nSPS) is 12.5. The van der Waals surface area contributed by atoms with Gasteiger partial charge >= 0.3 is 0 Å². The fourth-order valence-corrected chi connectivity index (χ4v) is 2.38. The monoisotopic (exact) mass is 269 g/mol. The van der Waals surface area contributed by atoms with Crippen molar-refractivity contribution in [3.05, 3.63) is 60.0 Å². The van der Waals surface area contributed by atoms with E-state index in [9.17, 15) is 4.39 Å². The van der Waals surface area contributed by atoms with Crippen LogP contribution in [0.3, 0.4) is 0 Å². The first-order valence-electron chi connectivity index (χ1n) is 6.71. The molecule has 20 heavy (non-hydrogen) atoms. The largest absolute Gasteiger partial charge is 0.378 e. The number of benzene rings is 2. The number of aromatic nitrogens is 2. The highest BCUT2D eigenvalue weighted by Crippen LogP contribution is 2.25. The van der Waals surface area contributed by atoms with Gasteiger partial charge in [0.05, 0.1) is 17.8 Å². The van der Waals surface area contributed by atoms with Gasteiger partial charge in [0.25, 0.3) is 0 Å². The van der Waals surface area contributed by atoms with E-state index in [1.165, 1.54) is 6.07 Å². The number of rotatable bonds is 4.